The maximum Gasteiger partial charge on any atom is 0.160 e. The van der Waals surface area contributed by atoms with E-state index in [0.29, 0.717) is 12.2 Å². The van der Waals surface area contributed by atoms with Crippen molar-refractivity contribution in [3.8, 4) is 5.75 Å². The van der Waals surface area contributed by atoms with Crippen LogP contribution < -0.4 is 10.1 Å². The molecular formula is C16H15F2NO. The van der Waals surface area contributed by atoms with Crippen LogP contribution in [0.2, 0.25) is 0 Å². The average molecular weight is 275 g/mol. The molecule has 1 aliphatic rings. The van der Waals surface area contributed by atoms with Crippen LogP contribution in [0.25, 0.3) is 0 Å². The van der Waals surface area contributed by atoms with Crippen molar-refractivity contribution >= 4 is 5.69 Å². The summed E-state index contributed by atoms with van der Waals surface area (Å²) >= 11 is 0. The number of ether oxygens (including phenoxy) is 1. The monoisotopic (exact) mass is 275 g/mol. The van der Waals surface area contributed by atoms with Crippen LogP contribution in [0.1, 0.15) is 11.1 Å². The van der Waals surface area contributed by atoms with E-state index in [1.807, 2.05) is 19.1 Å². The first-order chi connectivity index (χ1) is 9.61. The van der Waals surface area contributed by atoms with Gasteiger partial charge in [0.1, 0.15) is 11.9 Å². The maximum atomic E-state index is 13.1. The summed E-state index contributed by atoms with van der Waals surface area (Å²) in [6, 6.07) is 9.90. The van der Waals surface area contributed by atoms with E-state index in [9.17, 15) is 8.78 Å². The Labute approximate surface area is 116 Å². The Morgan fingerprint density at radius 3 is 2.80 bits per heavy atom. The third-order valence-electron chi connectivity index (χ3n) is 3.41. The van der Waals surface area contributed by atoms with Crippen LogP contribution >= 0.6 is 0 Å². The first-order valence-electron chi connectivity index (χ1n) is 6.57. The number of rotatable bonds is 3. The van der Waals surface area contributed by atoms with Crippen molar-refractivity contribution in [3.63, 3.8) is 0 Å². The fourth-order valence-corrected chi connectivity index (χ4v) is 2.40. The number of anilines is 1. The van der Waals surface area contributed by atoms with Gasteiger partial charge in [0.15, 0.2) is 11.6 Å². The van der Waals surface area contributed by atoms with Crippen LogP contribution in [-0.2, 0) is 6.42 Å². The number of nitrogens with one attached hydrogen (secondary N) is 1. The van der Waals surface area contributed by atoms with Crippen molar-refractivity contribution in [1.29, 1.82) is 0 Å². The van der Waals surface area contributed by atoms with Gasteiger partial charge in [-0.15, -0.1) is 0 Å². The second-order valence-corrected chi connectivity index (χ2v) is 5.06. The minimum atomic E-state index is -0.846. The van der Waals surface area contributed by atoms with Gasteiger partial charge in [-0.1, -0.05) is 17.7 Å². The van der Waals surface area contributed by atoms with Crippen molar-refractivity contribution in [3.05, 3.63) is 59.2 Å². The van der Waals surface area contributed by atoms with Crippen LogP contribution in [0, 0.1) is 18.6 Å². The van der Waals surface area contributed by atoms with Gasteiger partial charge in [-0.3, -0.25) is 0 Å². The molecule has 4 heteroatoms. The molecule has 1 aliphatic heterocycles. The molecule has 1 N–H and O–H groups in total. The summed E-state index contributed by atoms with van der Waals surface area (Å²) in [6.07, 6.45) is 0.841. The van der Waals surface area contributed by atoms with Crippen molar-refractivity contribution in [2.24, 2.45) is 0 Å². The van der Waals surface area contributed by atoms with E-state index in [0.717, 1.165) is 24.3 Å². The Balaban J connectivity index is 1.62. The molecule has 0 aliphatic carbocycles. The van der Waals surface area contributed by atoms with Crippen molar-refractivity contribution in [2.45, 2.75) is 19.4 Å². The van der Waals surface area contributed by atoms with E-state index in [1.54, 1.807) is 0 Å². The highest BCUT2D eigenvalue weighted by molar-refractivity contribution is 5.45. The molecule has 1 heterocycles. The normalized spacial score (nSPS) is 16.6. The molecule has 0 radical (unpaired) electrons. The van der Waals surface area contributed by atoms with Gasteiger partial charge in [0.25, 0.3) is 0 Å². The molecule has 0 amide bonds. The highest BCUT2D eigenvalue weighted by atomic mass is 19.2. The molecule has 20 heavy (non-hydrogen) atoms. The van der Waals surface area contributed by atoms with E-state index < -0.39 is 11.6 Å². The molecule has 0 fully saturated rings. The van der Waals surface area contributed by atoms with E-state index in [2.05, 4.69) is 11.4 Å². The van der Waals surface area contributed by atoms with Gasteiger partial charge in [0.05, 0.1) is 6.54 Å². The van der Waals surface area contributed by atoms with E-state index >= 15 is 0 Å². The number of benzene rings is 2. The largest absolute Gasteiger partial charge is 0.488 e. The van der Waals surface area contributed by atoms with Gasteiger partial charge in [0, 0.05) is 18.2 Å². The fourth-order valence-electron chi connectivity index (χ4n) is 2.40. The summed E-state index contributed by atoms with van der Waals surface area (Å²) in [6.45, 7) is 2.60. The number of fused-ring (bicyclic) bond motifs is 1. The van der Waals surface area contributed by atoms with Crippen molar-refractivity contribution in [2.75, 3.05) is 11.9 Å². The minimum absolute atomic E-state index is 0.0138. The van der Waals surface area contributed by atoms with Gasteiger partial charge >= 0.3 is 0 Å². The first kappa shape index (κ1) is 12.9. The molecule has 0 bridgehead atoms. The van der Waals surface area contributed by atoms with E-state index in [4.69, 9.17) is 4.74 Å². The third kappa shape index (κ3) is 2.59. The zero-order chi connectivity index (χ0) is 14.1. The zero-order valence-electron chi connectivity index (χ0n) is 11.1. The standard InChI is InChI=1S/C16H15F2NO/c1-10-2-5-16-11(6-10)7-13(20-16)9-19-12-3-4-14(17)15(18)8-12/h2-6,8,13,19H,7,9H2,1H3. The molecule has 0 saturated carbocycles. The summed E-state index contributed by atoms with van der Waals surface area (Å²) in [5.41, 5.74) is 2.96. The van der Waals surface area contributed by atoms with E-state index in [1.165, 1.54) is 17.2 Å². The number of aryl methyl sites for hydroxylation is 1. The zero-order valence-corrected chi connectivity index (χ0v) is 11.1. The average Bonchev–Trinajstić information content (AvgIpc) is 2.82. The van der Waals surface area contributed by atoms with Gasteiger partial charge in [0.2, 0.25) is 0 Å². The van der Waals surface area contributed by atoms with Crippen LogP contribution in [0.4, 0.5) is 14.5 Å². The van der Waals surface area contributed by atoms with Crippen LogP contribution in [0.3, 0.4) is 0 Å². The predicted molar refractivity (Wildman–Crippen MR) is 74.1 cm³/mol. The molecule has 104 valence electrons. The minimum Gasteiger partial charge on any atom is -0.488 e. The molecular weight excluding hydrogens is 260 g/mol. The molecule has 0 spiro atoms. The fraction of sp³-hybridized carbons (Fsp3) is 0.250. The molecule has 2 nitrogen and oxygen atoms in total. The van der Waals surface area contributed by atoms with Gasteiger partial charge in [-0.05, 0) is 30.7 Å². The summed E-state index contributed by atoms with van der Waals surface area (Å²) in [5.74, 6) is -0.774. The Morgan fingerprint density at radius 2 is 2.00 bits per heavy atom. The van der Waals surface area contributed by atoms with Gasteiger partial charge in [-0.25, -0.2) is 8.78 Å². The summed E-state index contributed by atoms with van der Waals surface area (Å²) < 4.78 is 31.7. The Hall–Kier alpha value is -2.10. The first-order valence-corrected chi connectivity index (χ1v) is 6.57. The lowest BCUT2D eigenvalue weighted by Gasteiger charge is -2.13. The lowest BCUT2D eigenvalue weighted by atomic mass is 10.1. The van der Waals surface area contributed by atoms with Gasteiger partial charge < -0.3 is 10.1 Å². The summed E-state index contributed by atoms with van der Waals surface area (Å²) in [7, 11) is 0. The van der Waals surface area contributed by atoms with Crippen molar-refractivity contribution < 1.29 is 13.5 Å². The van der Waals surface area contributed by atoms with E-state index in [-0.39, 0.29) is 6.10 Å². The molecule has 2 aromatic rings. The Kier molecular flexibility index (Phi) is 3.30. The second-order valence-electron chi connectivity index (χ2n) is 5.06. The molecule has 2 aromatic carbocycles. The Morgan fingerprint density at radius 1 is 1.15 bits per heavy atom. The van der Waals surface area contributed by atoms with Crippen LogP contribution in [0.5, 0.6) is 5.75 Å². The summed E-state index contributed by atoms with van der Waals surface area (Å²) in [4.78, 5) is 0. The smallest absolute Gasteiger partial charge is 0.160 e. The topological polar surface area (TPSA) is 21.3 Å². The quantitative estimate of drug-likeness (QED) is 0.922. The lowest BCUT2D eigenvalue weighted by molar-refractivity contribution is 0.246. The molecule has 1 atom stereocenters. The second kappa shape index (κ2) is 5.12. The SMILES string of the molecule is Cc1ccc2c(c1)CC(CNc1ccc(F)c(F)c1)O2. The molecule has 3 rings (SSSR count). The molecule has 0 saturated heterocycles. The number of halogens is 2. The predicted octanol–water partition coefficient (Wildman–Crippen LogP) is 3.69. The van der Waals surface area contributed by atoms with Crippen LogP contribution in [0.15, 0.2) is 36.4 Å². The summed E-state index contributed by atoms with van der Waals surface area (Å²) in [5, 5.41) is 3.07. The van der Waals surface area contributed by atoms with Gasteiger partial charge in [-0.2, -0.15) is 0 Å². The maximum absolute atomic E-state index is 13.1. The highest BCUT2D eigenvalue weighted by Crippen LogP contribution is 2.29. The molecule has 1 unspecified atom stereocenters. The lowest BCUT2D eigenvalue weighted by Crippen LogP contribution is -2.24. The van der Waals surface area contributed by atoms with Crippen molar-refractivity contribution in [1.82, 2.24) is 0 Å². The Bertz CT molecular complexity index is 642. The molecule has 0 aromatic heterocycles. The number of hydrogen-bond acceptors (Lipinski definition) is 2. The van der Waals surface area contributed by atoms with Crippen LogP contribution in [-0.4, -0.2) is 12.6 Å². The highest BCUT2D eigenvalue weighted by Gasteiger charge is 2.22. The number of hydrogen-bond donors (Lipinski definition) is 1. The third-order valence-corrected chi connectivity index (χ3v) is 3.41.